The van der Waals surface area contributed by atoms with Gasteiger partial charge in [-0.15, -0.1) is 0 Å². The number of carbonyl (C=O) groups is 2. The summed E-state index contributed by atoms with van der Waals surface area (Å²) in [7, 11) is 0. The van der Waals surface area contributed by atoms with E-state index in [0.29, 0.717) is 25.4 Å². The molecule has 4 atom stereocenters. The van der Waals surface area contributed by atoms with Crippen molar-refractivity contribution in [1.29, 1.82) is 0 Å². The quantitative estimate of drug-likeness (QED) is 0.130. The monoisotopic (exact) mass is 697 g/mol. The van der Waals surface area contributed by atoms with Crippen LogP contribution in [-0.2, 0) is 32.2 Å². The van der Waals surface area contributed by atoms with Gasteiger partial charge in [0.05, 0.1) is 18.8 Å². The maximum atomic E-state index is 12.6. The van der Waals surface area contributed by atoms with E-state index in [1.54, 1.807) is 0 Å². The molecular formula is C42H55N3O6. The van der Waals surface area contributed by atoms with Crippen LogP contribution in [0.5, 0.6) is 0 Å². The molecule has 3 aliphatic rings. The predicted octanol–water partition coefficient (Wildman–Crippen LogP) is 6.99. The highest BCUT2D eigenvalue weighted by atomic mass is 16.7. The number of aliphatic hydroxyl groups excluding tert-OH is 1. The van der Waals surface area contributed by atoms with Crippen molar-refractivity contribution in [1.82, 2.24) is 15.1 Å². The number of unbranched alkanes of at least 4 members (excludes halogenated alkanes) is 3. The number of benzene rings is 3. The Hall–Kier alpha value is -3.60. The van der Waals surface area contributed by atoms with Crippen molar-refractivity contribution >= 4 is 11.9 Å². The largest absolute Gasteiger partial charge is 0.481 e. The minimum atomic E-state index is -0.769. The summed E-state index contributed by atoms with van der Waals surface area (Å²) in [6.07, 6.45) is 9.02. The molecule has 6 rings (SSSR count). The first-order valence-corrected chi connectivity index (χ1v) is 19.1. The van der Waals surface area contributed by atoms with Crippen molar-refractivity contribution in [2.45, 2.75) is 108 Å². The van der Waals surface area contributed by atoms with E-state index < -0.39 is 12.3 Å². The topological polar surface area (TPSA) is 112 Å². The van der Waals surface area contributed by atoms with E-state index in [0.717, 1.165) is 78.7 Å². The van der Waals surface area contributed by atoms with Crippen LogP contribution < -0.4 is 5.32 Å². The smallest absolute Gasteiger partial charge is 0.303 e. The zero-order valence-electron chi connectivity index (χ0n) is 29.9. The second-order valence-corrected chi connectivity index (χ2v) is 14.5. The lowest BCUT2D eigenvalue weighted by Crippen LogP contribution is -2.45. The highest BCUT2D eigenvalue weighted by Gasteiger charge is 2.36. The molecule has 3 N–H and O–H groups in total. The summed E-state index contributed by atoms with van der Waals surface area (Å²) in [5.41, 5.74) is 6.15. The van der Waals surface area contributed by atoms with Gasteiger partial charge in [-0.1, -0.05) is 85.6 Å². The normalized spacial score (nSPS) is 22.7. The minimum Gasteiger partial charge on any atom is -0.481 e. The molecule has 3 aliphatic heterocycles. The van der Waals surface area contributed by atoms with Gasteiger partial charge in [-0.3, -0.25) is 14.5 Å². The van der Waals surface area contributed by atoms with E-state index in [4.69, 9.17) is 14.6 Å². The molecule has 3 aromatic rings. The summed E-state index contributed by atoms with van der Waals surface area (Å²) < 4.78 is 13.4. The molecule has 0 radical (unpaired) electrons. The highest BCUT2D eigenvalue weighted by Crippen LogP contribution is 2.39. The number of likely N-dealkylation sites (tertiary alicyclic amines) is 2. The standard InChI is InChI=1S/C42H55N3O6/c46-30-31-15-17-33(18-16-31)39-26-37(29-45-25-9-11-36(45)28-44-23-7-8-24-44)50-42(51-39)34-21-19-32(20-22-34)38-12-6-5-10-35(38)27-43-40(47)13-3-1-2-4-14-41(48)49/h5-6,10,12,15-22,36-37,39,42,46H,1-4,7-9,11,13-14,23-30H2,(H,43,47)(H,48,49)/t36-,37-,39+,42+/m0/s1. The summed E-state index contributed by atoms with van der Waals surface area (Å²) in [6.45, 7) is 6.07. The van der Waals surface area contributed by atoms with Crippen LogP contribution in [-0.4, -0.2) is 76.8 Å². The van der Waals surface area contributed by atoms with Crippen LogP contribution in [0.1, 0.15) is 105 Å². The van der Waals surface area contributed by atoms with Crippen molar-refractivity contribution in [3.8, 4) is 11.1 Å². The van der Waals surface area contributed by atoms with Crippen LogP contribution in [0.4, 0.5) is 0 Å². The van der Waals surface area contributed by atoms with E-state index in [2.05, 4.69) is 63.6 Å². The van der Waals surface area contributed by atoms with Crippen molar-refractivity contribution in [3.63, 3.8) is 0 Å². The van der Waals surface area contributed by atoms with Gasteiger partial charge in [0.25, 0.3) is 0 Å². The second-order valence-electron chi connectivity index (χ2n) is 14.5. The Bertz CT molecular complexity index is 1540. The van der Waals surface area contributed by atoms with Crippen LogP contribution in [0.2, 0.25) is 0 Å². The highest BCUT2D eigenvalue weighted by molar-refractivity contribution is 5.76. The zero-order chi connectivity index (χ0) is 35.4. The van der Waals surface area contributed by atoms with Gasteiger partial charge in [0.1, 0.15) is 0 Å². The lowest BCUT2D eigenvalue weighted by Gasteiger charge is -2.39. The first-order chi connectivity index (χ1) is 24.9. The third-order valence-corrected chi connectivity index (χ3v) is 10.8. The molecule has 9 nitrogen and oxygen atoms in total. The molecule has 3 saturated heterocycles. The number of carbonyl (C=O) groups excluding carboxylic acids is 1. The molecular weight excluding hydrogens is 642 g/mol. The maximum Gasteiger partial charge on any atom is 0.303 e. The summed E-state index contributed by atoms with van der Waals surface area (Å²) >= 11 is 0. The van der Waals surface area contributed by atoms with Crippen LogP contribution in [0.15, 0.2) is 72.8 Å². The average Bonchev–Trinajstić information content (AvgIpc) is 3.84. The number of nitrogens with zero attached hydrogens (tertiary/aromatic N) is 2. The first-order valence-electron chi connectivity index (χ1n) is 19.1. The fourth-order valence-electron chi connectivity index (χ4n) is 7.87. The molecule has 0 saturated carbocycles. The molecule has 0 unspecified atom stereocenters. The molecule has 0 spiro atoms. The number of aliphatic carboxylic acids is 1. The number of carboxylic acid groups (broad SMARTS) is 1. The fourth-order valence-corrected chi connectivity index (χ4v) is 7.87. The number of ether oxygens (including phenoxy) is 2. The number of carboxylic acids is 1. The van der Waals surface area contributed by atoms with E-state index in [-0.39, 0.29) is 31.1 Å². The summed E-state index contributed by atoms with van der Waals surface area (Å²) in [5.74, 6) is -0.758. The van der Waals surface area contributed by atoms with E-state index >= 15 is 0 Å². The molecule has 0 aliphatic carbocycles. The Morgan fingerprint density at radius 3 is 2.25 bits per heavy atom. The van der Waals surface area contributed by atoms with Crippen molar-refractivity contribution in [3.05, 3.63) is 95.1 Å². The predicted molar refractivity (Wildman–Crippen MR) is 198 cm³/mol. The van der Waals surface area contributed by atoms with Gasteiger partial charge in [0.2, 0.25) is 5.91 Å². The average molecular weight is 698 g/mol. The molecule has 0 aromatic heterocycles. The van der Waals surface area contributed by atoms with Gasteiger partial charge >= 0.3 is 5.97 Å². The second kappa shape index (κ2) is 18.8. The fraction of sp³-hybridized carbons (Fsp3) is 0.524. The molecule has 1 amide bonds. The van der Waals surface area contributed by atoms with Crippen LogP contribution in [0.25, 0.3) is 11.1 Å². The first kappa shape index (κ1) is 37.2. The third kappa shape index (κ3) is 10.7. The molecule has 9 heteroatoms. The molecule has 51 heavy (non-hydrogen) atoms. The lowest BCUT2D eigenvalue weighted by molar-refractivity contribution is -0.253. The van der Waals surface area contributed by atoms with Crippen molar-refractivity contribution < 1.29 is 29.3 Å². The van der Waals surface area contributed by atoms with E-state index in [1.807, 2.05) is 24.3 Å². The Balaban J connectivity index is 1.10. The Morgan fingerprint density at radius 1 is 0.784 bits per heavy atom. The SMILES string of the molecule is O=C(O)CCCCCCC(=O)NCc1ccccc1-c1ccc([C@@H]2O[C@H](CN3CCC[C@H]3CN3CCCC3)C[C@H](c3ccc(CO)cc3)O2)cc1. The number of hydrogen-bond donors (Lipinski definition) is 3. The molecule has 3 heterocycles. The zero-order valence-corrected chi connectivity index (χ0v) is 29.9. The van der Waals surface area contributed by atoms with E-state index in [1.165, 1.54) is 38.8 Å². The van der Waals surface area contributed by atoms with Gasteiger partial charge in [-0.05, 0) is 86.0 Å². The van der Waals surface area contributed by atoms with Crippen LogP contribution >= 0.6 is 0 Å². The number of aliphatic hydroxyl groups is 1. The maximum absolute atomic E-state index is 12.6. The Labute approximate surface area is 302 Å². The molecule has 3 aromatic carbocycles. The van der Waals surface area contributed by atoms with Gasteiger partial charge in [0, 0.05) is 50.5 Å². The van der Waals surface area contributed by atoms with Crippen molar-refractivity contribution in [2.24, 2.45) is 0 Å². The third-order valence-electron chi connectivity index (χ3n) is 10.8. The van der Waals surface area contributed by atoms with Gasteiger partial charge in [-0.2, -0.15) is 0 Å². The van der Waals surface area contributed by atoms with E-state index in [9.17, 15) is 14.7 Å². The van der Waals surface area contributed by atoms with Gasteiger partial charge in [-0.25, -0.2) is 0 Å². The number of amides is 1. The molecule has 3 fully saturated rings. The Morgan fingerprint density at radius 2 is 1.51 bits per heavy atom. The number of rotatable bonds is 17. The van der Waals surface area contributed by atoms with Crippen LogP contribution in [0.3, 0.4) is 0 Å². The molecule has 274 valence electrons. The Kier molecular flexibility index (Phi) is 13.7. The van der Waals surface area contributed by atoms with Crippen LogP contribution in [0, 0.1) is 0 Å². The lowest BCUT2D eigenvalue weighted by atomic mass is 9.97. The minimum absolute atomic E-state index is 0.0105. The van der Waals surface area contributed by atoms with Crippen molar-refractivity contribution in [2.75, 3.05) is 32.7 Å². The number of nitrogens with one attached hydrogen (secondary N) is 1. The molecule has 0 bridgehead atoms. The summed E-state index contributed by atoms with van der Waals surface area (Å²) in [5, 5.41) is 21.5. The van der Waals surface area contributed by atoms with Gasteiger partial charge < -0.3 is 29.9 Å². The van der Waals surface area contributed by atoms with Gasteiger partial charge in [0.15, 0.2) is 6.29 Å². The summed E-state index contributed by atoms with van der Waals surface area (Å²) in [4.78, 5) is 28.5. The summed E-state index contributed by atoms with van der Waals surface area (Å²) in [6, 6.07) is 25.2. The number of hydrogen-bond acceptors (Lipinski definition) is 7.